The third kappa shape index (κ3) is 2.70. The Morgan fingerprint density at radius 2 is 2.29 bits per heavy atom. The van der Waals surface area contributed by atoms with Crippen LogP contribution >= 0.6 is 11.5 Å². The van der Waals surface area contributed by atoms with Gasteiger partial charge in [0.05, 0.1) is 5.69 Å². The molecule has 0 spiro atoms. The maximum atomic E-state index is 10.0. The highest BCUT2D eigenvalue weighted by molar-refractivity contribution is 7.03. The lowest BCUT2D eigenvalue weighted by molar-refractivity contribution is 0.170. The fourth-order valence-corrected chi connectivity index (χ4v) is 2.25. The van der Waals surface area contributed by atoms with Gasteiger partial charge < -0.3 is 5.11 Å². The van der Waals surface area contributed by atoms with Gasteiger partial charge in [0.1, 0.15) is 11.8 Å². The Kier molecular flexibility index (Phi) is 3.86. The van der Waals surface area contributed by atoms with Crippen LogP contribution in [0, 0.1) is 0 Å². The summed E-state index contributed by atoms with van der Waals surface area (Å²) in [5.41, 5.74) is 2.74. The Hall–Kier alpha value is -1.27. The molecule has 17 heavy (non-hydrogen) atoms. The van der Waals surface area contributed by atoms with Crippen LogP contribution in [0.1, 0.15) is 37.0 Å². The van der Waals surface area contributed by atoms with Crippen LogP contribution in [-0.4, -0.2) is 24.5 Å². The molecule has 5 nitrogen and oxygen atoms in total. The topological polar surface area (TPSA) is 63.8 Å². The Morgan fingerprint density at radius 3 is 2.88 bits per heavy atom. The second-order valence-electron chi connectivity index (χ2n) is 3.85. The summed E-state index contributed by atoms with van der Waals surface area (Å²) < 4.78 is 5.69. The summed E-state index contributed by atoms with van der Waals surface area (Å²) in [6, 6.07) is 2.05. The number of hydrogen-bond acceptors (Lipinski definition) is 5. The summed E-state index contributed by atoms with van der Waals surface area (Å²) >= 11 is 1.25. The molecule has 0 saturated heterocycles. The summed E-state index contributed by atoms with van der Waals surface area (Å²) in [4.78, 5) is 0. The number of aryl methyl sites for hydroxylation is 2. The zero-order valence-electron chi connectivity index (χ0n) is 10.00. The van der Waals surface area contributed by atoms with E-state index in [9.17, 15) is 5.11 Å². The van der Waals surface area contributed by atoms with Gasteiger partial charge >= 0.3 is 0 Å². The Labute approximate surface area is 104 Å². The molecule has 2 aromatic heterocycles. The van der Waals surface area contributed by atoms with Crippen molar-refractivity contribution in [3.63, 3.8) is 0 Å². The molecule has 92 valence electrons. The number of hydrogen-bond donors (Lipinski definition) is 1. The monoisotopic (exact) mass is 252 g/mol. The minimum absolute atomic E-state index is 0.534. The van der Waals surface area contributed by atoms with Crippen molar-refractivity contribution in [1.29, 1.82) is 0 Å². The molecule has 0 amide bonds. The van der Waals surface area contributed by atoms with E-state index >= 15 is 0 Å². The van der Waals surface area contributed by atoms with E-state index in [1.54, 1.807) is 5.38 Å². The van der Waals surface area contributed by atoms with Gasteiger partial charge in [-0.05, 0) is 30.9 Å². The van der Waals surface area contributed by atoms with Gasteiger partial charge in [-0.2, -0.15) is 5.10 Å². The van der Waals surface area contributed by atoms with Crippen molar-refractivity contribution >= 4 is 11.5 Å². The van der Waals surface area contributed by atoms with E-state index < -0.39 is 6.10 Å². The number of aliphatic hydroxyl groups excluding tert-OH is 1. The zero-order chi connectivity index (χ0) is 12.3. The lowest BCUT2D eigenvalue weighted by atomic mass is 10.1. The predicted molar refractivity (Wildman–Crippen MR) is 65.9 cm³/mol. The van der Waals surface area contributed by atoms with Crippen LogP contribution in [0.3, 0.4) is 0 Å². The van der Waals surface area contributed by atoms with Gasteiger partial charge in [0, 0.05) is 24.0 Å². The quantitative estimate of drug-likeness (QED) is 0.877. The molecule has 0 aliphatic carbocycles. The molecule has 2 heterocycles. The average Bonchev–Trinajstić information content (AvgIpc) is 2.97. The van der Waals surface area contributed by atoms with Crippen molar-refractivity contribution < 1.29 is 5.11 Å². The third-order valence-corrected chi connectivity index (χ3v) is 3.22. The Bertz CT molecular complexity index is 466. The summed E-state index contributed by atoms with van der Waals surface area (Å²) in [5, 5.41) is 20.1. The minimum Gasteiger partial charge on any atom is -0.386 e. The van der Waals surface area contributed by atoms with Gasteiger partial charge in [-0.15, -0.1) is 5.10 Å². The molecule has 6 heteroatoms. The molecule has 2 aromatic rings. The van der Waals surface area contributed by atoms with E-state index in [1.807, 2.05) is 17.7 Å². The first-order valence-corrected chi connectivity index (χ1v) is 6.58. The molecule has 1 N–H and O–H groups in total. The minimum atomic E-state index is -0.597. The van der Waals surface area contributed by atoms with Gasteiger partial charge in [0.25, 0.3) is 0 Å². The molecule has 0 aromatic carbocycles. The molecule has 0 aliphatic heterocycles. The molecule has 0 fully saturated rings. The lowest BCUT2D eigenvalue weighted by Gasteiger charge is -2.08. The highest BCUT2D eigenvalue weighted by Gasteiger charge is 2.15. The van der Waals surface area contributed by atoms with Gasteiger partial charge in [-0.25, -0.2) is 0 Å². The van der Waals surface area contributed by atoms with Gasteiger partial charge in [-0.3, -0.25) is 4.68 Å². The predicted octanol–water partition coefficient (Wildman–Crippen LogP) is 1.59. The van der Waals surface area contributed by atoms with E-state index in [0.29, 0.717) is 12.1 Å². The van der Waals surface area contributed by atoms with Crippen LogP contribution in [0.4, 0.5) is 0 Å². The Balaban J connectivity index is 2.15. The van der Waals surface area contributed by atoms with Gasteiger partial charge in [-0.1, -0.05) is 11.4 Å². The standard InChI is InChI=1S/C11H16N4OS/c1-3-8-5-9(15(4-2)13-8)6-11(16)10-7-17-14-12-10/h5,7,11,16H,3-4,6H2,1-2H3. The molecule has 1 unspecified atom stereocenters. The maximum absolute atomic E-state index is 10.0. The smallest absolute Gasteiger partial charge is 0.104 e. The number of nitrogens with zero attached hydrogens (tertiary/aromatic N) is 4. The van der Waals surface area contributed by atoms with E-state index in [-0.39, 0.29) is 0 Å². The van der Waals surface area contributed by atoms with Crippen molar-refractivity contribution in [3.8, 4) is 0 Å². The van der Waals surface area contributed by atoms with Gasteiger partial charge in [0.15, 0.2) is 0 Å². The third-order valence-electron chi connectivity index (χ3n) is 2.70. The number of rotatable bonds is 5. The second-order valence-corrected chi connectivity index (χ2v) is 4.46. The van der Waals surface area contributed by atoms with Crippen molar-refractivity contribution in [2.24, 2.45) is 0 Å². The van der Waals surface area contributed by atoms with Crippen LogP contribution in [0.15, 0.2) is 11.4 Å². The normalized spacial score (nSPS) is 12.9. The molecule has 0 saturated carbocycles. The van der Waals surface area contributed by atoms with Crippen molar-refractivity contribution in [2.75, 3.05) is 0 Å². The molecule has 0 bridgehead atoms. The molecule has 0 aliphatic rings. The highest BCUT2D eigenvalue weighted by atomic mass is 32.1. The van der Waals surface area contributed by atoms with Crippen LogP contribution in [0.2, 0.25) is 0 Å². The van der Waals surface area contributed by atoms with E-state index in [2.05, 4.69) is 21.6 Å². The first-order valence-electron chi connectivity index (χ1n) is 5.75. The molecular formula is C11H16N4OS. The largest absolute Gasteiger partial charge is 0.386 e. The van der Waals surface area contributed by atoms with Crippen LogP contribution in [0.5, 0.6) is 0 Å². The summed E-state index contributed by atoms with van der Waals surface area (Å²) in [5.74, 6) is 0. The first kappa shape index (κ1) is 12.2. The summed E-state index contributed by atoms with van der Waals surface area (Å²) in [6.45, 7) is 4.94. The Morgan fingerprint density at radius 1 is 1.47 bits per heavy atom. The van der Waals surface area contributed by atoms with E-state index in [0.717, 1.165) is 24.4 Å². The molecular weight excluding hydrogens is 236 g/mol. The highest BCUT2D eigenvalue weighted by Crippen LogP contribution is 2.18. The second kappa shape index (κ2) is 5.37. The van der Waals surface area contributed by atoms with Crippen molar-refractivity contribution in [3.05, 3.63) is 28.5 Å². The van der Waals surface area contributed by atoms with Gasteiger partial charge in [0.2, 0.25) is 0 Å². The van der Waals surface area contributed by atoms with Crippen molar-refractivity contribution in [2.45, 2.75) is 39.3 Å². The van der Waals surface area contributed by atoms with E-state index in [1.165, 1.54) is 11.5 Å². The van der Waals surface area contributed by atoms with E-state index in [4.69, 9.17) is 0 Å². The van der Waals surface area contributed by atoms with Crippen LogP contribution < -0.4 is 0 Å². The fraction of sp³-hybridized carbons (Fsp3) is 0.545. The van der Waals surface area contributed by atoms with Crippen LogP contribution in [0.25, 0.3) is 0 Å². The number of aromatic nitrogens is 4. The first-order chi connectivity index (χ1) is 8.24. The summed E-state index contributed by atoms with van der Waals surface area (Å²) in [7, 11) is 0. The molecule has 2 rings (SSSR count). The fourth-order valence-electron chi connectivity index (χ4n) is 1.75. The SMILES string of the molecule is CCc1cc(CC(O)c2csnn2)n(CC)n1. The zero-order valence-corrected chi connectivity index (χ0v) is 10.8. The molecule has 1 atom stereocenters. The lowest BCUT2D eigenvalue weighted by Crippen LogP contribution is -2.08. The average molecular weight is 252 g/mol. The van der Waals surface area contributed by atoms with Crippen LogP contribution in [-0.2, 0) is 19.4 Å². The van der Waals surface area contributed by atoms with Crippen molar-refractivity contribution in [1.82, 2.24) is 19.4 Å². The maximum Gasteiger partial charge on any atom is 0.104 e. The molecule has 0 radical (unpaired) electrons. The number of aliphatic hydroxyl groups is 1. The summed E-state index contributed by atoms with van der Waals surface area (Å²) in [6.07, 6.45) is 0.848.